The minimum absolute atomic E-state index is 0.0482. The van der Waals surface area contributed by atoms with Gasteiger partial charge in [-0.3, -0.25) is 4.79 Å². The third-order valence-corrected chi connectivity index (χ3v) is 5.48. The smallest absolute Gasteiger partial charge is 0.326 e. The highest BCUT2D eigenvalue weighted by molar-refractivity contribution is 7.92. The topological polar surface area (TPSA) is 101 Å². The fourth-order valence-electron chi connectivity index (χ4n) is 1.89. The fourth-order valence-corrected chi connectivity index (χ4v) is 3.13. The van der Waals surface area contributed by atoms with Gasteiger partial charge in [-0.2, -0.15) is 0 Å². The Morgan fingerprint density at radius 3 is 2.39 bits per heavy atom. The molecule has 0 radical (unpaired) electrons. The highest BCUT2D eigenvalue weighted by Crippen LogP contribution is 2.20. The Morgan fingerprint density at radius 1 is 1.26 bits per heavy atom. The van der Waals surface area contributed by atoms with Crippen LogP contribution in [0.25, 0.3) is 0 Å². The first-order valence-corrected chi connectivity index (χ1v) is 8.74. The Balaban J connectivity index is 3.17. The molecule has 1 amide bonds. The molecule has 1 atom stereocenters. The third-order valence-electron chi connectivity index (χ3n) is 3.27. The van der Waals surface area contributed by atoms with Crippen LogP contribution in [0.15, 0.2) is 41.3 Å². The van der Waals surface area contributed by atoms with Gasteiger partial charge in [0.25, 0.3) is 5.91 Å². The molecule has 0 aromatic heterocycles. The van der Waals surface area contributed by atoms with Crippen molar-refractivity contribution < 1.29 is 23.1 Å². The number of carboxylic acid groups (broad SMARTS) is 1. The lowest BCUT2D eigenvalue weighted by Gasteiger charge is -2.16. The van der Waals surface area contributed by atoms with E-state index in [1.807, 2.05) is 0 Å². The Bertz CT molecular complexity index is 707. The molecule has 0 fully saturated rings. The predicted molar refractivity (Wildman–Crippen MR) is 87.1 cm³/mol. The number of carbonyl (C=O) groups is 2. The zero-order valence-electron chi connectivity index (χ0n) is 13.3. The lowest BCUT2D eigenvalue weighted by molar-refractivity contribution is -0.139. The number of sulfone groups is 1. The molecular weight excluding hydrogens is 318 g/mol. The van der Waals surface area contributed by atoms with Crippen LogP contribution in [-0.4, -0.2) is 36.7 Å². The Labute approximate surface area is 136 Å². The van der Waals surface area contributed by atoms with E-state index in [0.29, 0.717) is 0 Å². The first-order valence-electron chi connectivity index (χ1n) is 7.19. The van der Waals surface area contributed by atoms with E-state index in [9.17, 15) is 18.0 Å². The summed E-state index contributed by atoms with van der Waals surface area (Å²) in [5, 5.41) is 10.8. The summed E-state index contributed by atoms with van der Waals surface area (Å²) in [6, 6.07) is 4.68. The molecular formula is C16H21NO5S. The summed E-state index contributed by atoms with van der Waals surface area (Å²) in [6.07, 6.45) is 3.42. The number of nitrogens with one attached hydrogen (secondary N) is 1. The van der Waals surface area contributed by atoms with Crippen LogP contribution in [0, 0.1) is 0 Å². The van der Waals surface area contributed by atoms with Crippen LogP contribution in [-0.2, 0) is 14.6 Å². The molecule has 6 nitrogen and oxygen atoms in total. The van der Waals surface area contributed by atoms with Crippen molar-refractivity contribution in [1.29, 1.82) is 0 Å². The Morgan fingerprint density at radius 2 is 1.87 bits per heavy atom. The second-order valence-corrected chi connectivity index (χ2v) is 7.73. The van der Waals surface area contributed by atoms with Crippen LogP contribution in [0.5, 0.6) is 0 Å². The summed E-state index contributed by atoms with van der Waals surface area (Å²) in [4.78, 5) is 23.5. The van der Waals surface area contributed by atoms with Gasteiger partial charge in [-0.05, 0) is 39.3 Å². The number of rotatable bonds is 7. The van der Waals surface area contributed by atoms with Gasteiger partial charge in [0.1, 0.15) is 6.04 Å². The van der Waals surface area contributed by atoms with Crippen LogP contribution >= 0.6 is 0 Å². The van der Waals surface area contributed by atoms with Crippen molar-refractivity contribution >= 4 is 21.7 Å². The molecule has 23 heavy (non-hydrogen) atoms. The lowest BCUT2D eigenvalue weighted by Crippen LogP contribution is -2.41. The maximum atomic E-state index is 12.3. The van der Waals surface area contributed by atoms with Gasteiger partial charge >= 0.3 is 5.97 Å². The summed E-state index contributed by atoms with van der Waals surface area (Å²) < 4.78 is 24.7. The fraction of sp³-hybridized carbons (Fsp3) is 0.375. The van der Waals surface area contributed by atoms with Crippen molar-refractivity contribution in [2.24, 2.45) is 0 Å². The van der Waals surface area contributed by atoms with Crippen LogP contribution in [0.2, 0.25) is 0 Å². The van der Waals surface area contributed by atoms with Gasteiger partial charge < -0.3 is 10.4 Å². The highest BCUT2D eigenvalue weighted by Gasteiger charge is 2.27. The standard InChI is InChI=1S/C16H21NO5S/c1-4-5-9-13(16(19)20)17-15(18)12-8-6-7-10-14(12)23(21,22)11(2)3/h4-8,10-11,13H,9H2,1-3H3,(H,17,18)(H,19,20)/b5-4+. The number of amides is 1. The maximum absolute atomic E-state index is 12.3. The molecule has 0 aliphatic rings. The Kier molecular flexibility index (Phi) is 6.50. The van der Waals surface area contributed by atoms with Crippen LogP contribution in [0.3, 0.4) is 0 Å². The zero-order valence-corrected chi connectivity index (χ0v) is 14.1. The van der Waals surface area contributed by atoms with E-state index in [4.69, 9.17) is 5.11 Å². The molecule has 1 aromatic rings. The van der Waals surface area contributed by atoms with Crippen molar-refractivity contribution in [3.63, 3.8) is 0 Å². The van der Waals surface area contributed by atoms with Gasteiger partial charge in [-0.15, -0.1) is 0 Å². The molecule has 1 unspecified atom stereocenters. The average molecular weight is 339 g/mol. The van der Waals surface area contributed by atoms with Crippen molar-refractivity contribution in [2.75, 3.05) is 0 Å². The van der Waals surface area contributed by atoms with Crippen molar-refractivity contribution in [2.45, 2.75) is 43.4 Å². The van der Waals surface area contributed by atoms with Gasteiger partial charge in [0.2, 0.25) is 0 Å². The summed E-state index contributed by atoms with van der Waals surface area (Å²) in [5.74, 6) is -1.90. The minimum atomic E-state index is -3.65. The molecule has 7 heteroatoms. The van der Waals surface area contributed by atoms with E-state index in [-0.39, 0.29) is 16.9 Å². The molecule has 0 bridgehead atoms. The van der Waals surface area contributed by atoms with Crippen LogP contribution < -0.4 is 5.32 Å². The van der Waals surface area contributed by atoms with E-state index >= 15 is 0 Å². The van der Waals surface area contributed by atoms with E-state index in [1.165, 1.54) is 38.1 Å². The summed E-state index contributed by atoms with van der Waals surface area (Å²) in [5.41, 5.74) is -0.0482. The Hall–Kier alpha value is -2.15. The summed E-state index contributed by atoms with van der Waals surface area (Å²) >= 11 is 0. The van der Waals surface area contributed by atoms with E-state index in [2.05, 4.69) is 5.32 Å². The van der Waals surface area contributed by atoms with Gasteiger partial charge in [0, 0.05) is 0 Å². The second-order valence-electron chi connectivity index (χ2n) is 5.26. The number of benzene rings is 1. The van der Waals surface area contributed by atoms with Crippen LogP contribution in [0.4, 0.5) is 0 Å². The molecule has 1 aromatic carbocycles. The number of hydrogen-bond acceptors (Lipinski definition) is 4. The number of aliphatic carboxylic acids is 1. The highest BCUT2D eigenvalue weighted by atomic mass is 32.2. The van der Waals surface area contributed by atoms with Crippen molar-refractivity contribution in [3.8, 4) is 0 Å². The zero-order chi connectivity index (χ0) is 17.6. The van der Waals surface area contributed by atoms with Crippen molar-refractivity contribution in [3.05, 3.63) is 42.0 Å². The number of carboxylic acids is 1. The molecule has 0 aliphatic carbocycles. The van der Waals surface area contributed by atoms with E-state index in [1.54, 1.807) is 19.1 Å². The predicted octanol–water partition coefficient (Wildman–Crippen LogP) is 2.02. The summed E-state index contributed by atoms with van der Waals surface area (Å²) in [6.45, 7) is 4.79. The molecule has 1 rings (SSSR count). The molecule has 0 spiro atoms. The number of hydrogen-bond donors (Lipinski definition) is 2. The SMILES string of the molecule is C/C=C/CC(NC(=O)c1ccccc1S(=O)(=O)C(C)C)C(=O)O. The van der Waals surface area contributed by atoms with E-state index < -0.39 is 33.0 Å². The summed E-state index contributed by atoms with van der Waals surface area (Å²) in [7, 11) is -3.65. The van der Waals surface area contributed by atoms with Crippen molar-refractivity contribution in [1.82, 2.24) is 5.32 Å². The largest absolute Gasteiger partial charge is 0.480 e. The minimum Gasteiger partial charge on any atom is -0.480 e. The van der Waals surface area contributed by atoms with Gasteiger partial charge in [-0.25, -0.2) is 13.2 Å². The average Bonchev–Trinajstić information content (AvgIpc) is 2.50. The molecule has 126 valence electrons. The second kappa shape index (κ2) is 7.92. The molecule has 0 saturated carbocycles. The first kappa shape index (κ1) is 18.9. The lowest BCUT2D eigenvalue weighted by atomic mass is 10.1. The maximum Gasteiger partial charge on any atom is 0.326 e. The first-order chi connectivity index (χ1) is 10.7. The molecule has 0 heterocycles. The molecule has 0 aliphatic heterocycles. The van der Waals surface area contributed by atoms with E-state index in [0.717, 1.165) is 0 Å². The monoisotopic (exact) mass is 339 g/mol. The van der Waals surface area contributed by atoms with Crippen LogP contribution in [0.1, 0.15) is 37.6 Å². The molecule has 0 saturated heterocycles. The third kappa shape index (κ3) is 4.66. The number of allylic oxidation sites excluding steroid dienone is 1. The van der Waals surface area contributed by atoms with Gasteiger partial charge in [0.15, 0.2) is 9.84 Å². The van der Waals surface area contributed by atoms with Gasteiger partial charge in [0.05, 0.1) is 15.7 Å². The quantitative estimate of drug-likeness (QED) is 0.740. The number of carbonyl (C=O) groups excluding carboxylic acids is 1. The van der Waals surface area contributed by atoms with Gasteiger partial charge in [-0.1, -0.05) is 24.3 Å². The molecule has 2 N–H and O–H groups in total. The normalized spacial score (nSPS) is 13.2.